The zero-order chi connectivity index (χ0) is 14.8. The predicted octanol–water partition coefficient (Wildman–Crippen LogP) is 0.781. The molecule has 1 atom stereocenters. The third kappa shape index (κ3) is 2.96. The highest BCUT2D eigenvalue weighted by molar-refractivity contribution is 5.90. The largest absolute Gasteiger partial charge is 0.462 e. The third-order valence-electron chi connectivity index (χ3n) is 4.74. The van der Waals surface area contributed by atoms with Crippen molar-refractivity contribution in [2.45, 2.75) is 32.4 Å². The number of piperidine rings is 3. The van der Waals surface area contributed by atoms with Crippen LogP contribution in [0.4, 0.5) is 0 Å². The van der Waals surface area contributed by atoms with Gasteiger partial charge in [0.15, 0.2) is 0 Å². The fraction of sp³-hybridized carbons (Fsp3) is 0.733. The minimum atomic E-state index is -0.281. The van der Waals surface area contributed by atoms with E-state index in [-0.39, 0.29) is 5.97 Å². The Kier molecular flexibility index (Phi) is 4.26. The van der Waals surface area contributed by atoms with Gasteiger partial charge in [-0.2, -0.15) is 5.10 Å². The van der Waals surface area contributed by atoms with Crippen molar-refractivity contribution in [3.05, 3.63) is 17.5 Å². The van der Waals surface area contributed by atoms with Crippen LogP contribution in [0.3, 0.4) is 0 Å². The number of aromatic nitrogens is 2. The highest BCUT2D eigenvalue weighted by atomic mass is 16.5. The third-order valence-corrected chi connectivity index (χ3v) is 4.74. The van der Waals surface area contributed by atoms with Gasteiger partial charge >= 0.3 is 5.97 Å². The van der Waals surface area contributed by atoms with E-state index in [1.165, 1.54) is 25.9 Å². The van der Waals surface area contributed by atoms with E-state index >= 15 is 0 Å². The molecule has 4 rings (SSSR count). The Hall–Kier alpha value is -1.40. The number of hydrogen-bond donors (Lipinski definition) is 1. The van der Waals surface area contributed by atoms with Crippen LogP contribution in [0.25, 0.3) is 0 Å². The molecule has 4 heterocycles. The van der Waals surface area contributed by atoms with Gasteiger partial charge in [-0.15, -0.1) is 0 Å². The maximum Gasteiger partial charge on any atom is 0.341 e. The summed E-state index contributed by atoms with van der Waals surface area (Å²) >= 11 is 0. The van der Waals surface area contributed by atoms with Gasteiger partial charge in [-0.3, -0.25) is 4.68 Å². The Balaban J connectivity index is 1.65. The van der Waals surface area contributed by atoms with E-state index in [2.05, 4.69) is 15.3 Å². The number of nitrogens with one attached hydrogen (secondary N) is 1. The zero-order valence-corrected chi connectivity index (χ0v) is 12.8. The first-order valence-electron chi connectivity index (χ1n) is 7.82. The Labute approximate surface area is 125 Å². The highest BCUT2D eigenvalue weighted by Crippen LogP contribution is 2.27. The molecule has 0 spiro atoms. The molecule has 116 valence electrons. The van der Waals surface area contributed by atoms with Gasteiger partial charge in [-0.1, -0.05) is 0 Å². The predicted molar refractivity (Wildman–Crippen MR) is 79.0 cm³/mol. The molecule has 2 bridgehead atoms. The average molecular weight is 292 g/mol. The van der Waals surface area contributed by atoms with E-state index < -0.39 is 0 Å². The fourth-order valence-electron chi connectivity index (χ4n) is 3.48. The topological polar surface area (TPSA) is 59.4 Å². The lowest BCUT2D eigenvalue weighted by Gasteiger charge is -2.45. The van der Waals surface area contributed by atoms with Gasteiger partial charge in [-0.25, -0.2) is 4.79 Å². The molecule has 1 aromatic heterocycles. The summed E-state index contributed by atoms with van der Waals surface area (Å²) in [5.41, 5.74) is 1.48. The molecule has 3 aliphatic heterocycles. The van der Waals surface area contributed by atoms with E-state index in [1.807, 2.05) is 14.0 Å². The molecule has 1 N–H and O–H groups in total. The molecule has 3 saturated heterocycles. The van der Waals surface area contributed by atoms with Crippen molar-refractivity contribution in [3.63, 3.8) is 0 Å². The van der Waals surface area contributed by atoms with Crippen molar-refractivity contribution in [2.75, 3.05) is 26.2 Å². The van der Waals surface area contributed by atoms with E-state index in [0.29, 0.717) is 24.8 Å². The first-order valence-corrected chi connectivity index (χ1v) is 7.82. The lowest BCUT2D eigenvalue weighted by Crippen LogP contribution is -2.55. The molecular formula is C15H24N4O2. The molecule has 0 saturated carbocycles. The second-order valence-electron chi connectivity index (χ2n) is 5.97. The fourth-order valence-corrected chi connectivity index (χ4v) is 3.48. The summed E-state index contributed by atoms with van der Waals surface area (Å²) in [4.78, 5) is 14.5. The maximum absolute atomic E-state index is 11.9. The average Bonchev–Trinajstić information content (AvgIpc) is 2.88. The van der Waals surface area contributed by atoms with Crippen LogP contribution in [0.1, 0.15) is 35.8 Å². The molecule has 0 aliphatic carbocycles. The molecule has 0 radical (unpaired) electrons. The smallest absolute Gasteiger partial charge is 0.341 e. The molecule has 21 heavy (non-hydrogen) atoms. The van der Waals surface area contributed by atoms with Crippen molar-refractivity contribution in [2.24, 2.45) is 13.0 Å². The van der Waals surface area contributed by atoms with Crippen LogP contribution in [0, 0.1) is 5.92 Å². The number of fused-ring (bicyclic) bond motifs is 3. The van der Waals surface area contributed by atoms with Crippen molar-refractivity contribution in [3.8, 4) is 0 Å². The van der Waals surface area contributed by atoms with Crippen LogP contribution in [0.5, 0.6) is 0 Å². The Morgan fingerprint density at radius 2 is 2.24 bits per heavy atom. The first-order chi connectivity index (χ1) is 10.2. The Morgan fingerprint density at radius 3 is 2.86 bits per heavy atom. The van der Waals surface area contributed by atoms with E-state index in [0.717, 1.165) is 18.2 Å². The Morgan fingerprint density at radius 1 is 1.48 bits per heavy atom. The second kappa shape index (κ2) is 6.15. The molecule has 3 aliphatic rings. The number of hydrogen-bond acceptors (Lipinski definition) is 5. The van der Waals surface area contributed by atoms with Gasteiger partial charge in [0, 0.05) is 26.2 Å². The number of ether oxygens (including phenoxy) is 1. The Bertz CT molecular complexity index is 506. The molecule has 3 fully saturated rings. The lowest BCUT2D eigenvalue weighted by molar-refractivity contribution is 0.0523. The first kappa shape index (κ1) is 14.5. The van der Waals surface area contributed by atoms with E-state index in [9.17, 15) is 4.79 Å². The van der Waals surface area contributed by atoms with E-state index in [4.69, 9.17) is 4.74 Å². The number of carbonyl (C=O) groups excluding carboxylic acids is 1. The lowest BCUT2D eigenvalue weighted by atomic mass is 9.84. The summed E-state index contributed by atoms with van der Waals surface area (Å²) in [5.74, 6) is 0.491. The molecular weight excluding hydrogens is 268 g/mol. The zero-order valence-electron chi connectivity index (χ0n) is 12.8. The van der Waals surface area contributed by atoms with Gasteiger partial charge in [0.25, 0.3) is 0 Å². The monoisotopic (exact) mass is 292 g/mol. The summed E-state index contributed by atoms with van der Waals surface area (Å²) in [5, 5.41) is 7.82. The van der Waals surface area contributed by atoms with Crippen molar-refractivity contribution in [1.29, 1.82) is 0 Å². The molecule has 6 nitrogen and oxygen atoms in total. The van der Waals surface area contributed by atoms with Gasteiger partial charge < -0.3 is 15.0 Å². The van der Waals surface area contributed by atoms with Crippen LogP contribution >= 0.6 is 0 Å². The van der Waals surface area contributed by atoms with Gasteiger partial charge in [-0.05, 0) is 38.8 Å². The minimum Gasteiger partial charge on any atom is -0.462 e. The molecule has 1 aromatic rings. The van der Waals surface area contributed by atoms with Crippen molar-refractivity contribution >= 4 is 5.97 Å². The number of aryl methyl sites for hydroxylation is 1. The number of carbonyl (C=O) groups is 1. The summed E-state index contributed by atoms with van der Waals surface area (Å²) in [6.45, 7) is 6.47. The number of rotatable bonds is 5. The minimum absolute atomic E-state index is 0.281. The van der Waals surface area contributed by atoms with Crippen LogP contribution in [0.15, 0.2) is 6.20 Å². The summed E-state index contributed by atoms with van der Waals surface area (Å²) in [6.07, 6.45) is 4.17. The SMILES string of the molecule is CCOC(=O)c1cnn(C)c1CNC1CN2CCC1CC2. The molecule has 1 unspecified atom stereocenters. The standard InChI is InChI=1S/C15H24N4O2/c1-3-21-15(20)12-8-17-18(2)14(12)9-16-13-10-19-6-4-11(13)5-7-19/h8,11,13,16H,3-7,9-10H2,1-2H3. The normalized spacial score (nSPS) is 27.8. The summed E-state index contributed by atoms with van der Waals surface area (Å²) in [6, 6.07) is 0.525. The van der Waals surface area contributed by atoms with Gasteiger partial charge in [0.05, 0.1) is 18.5 Å². The molecule has 6 heteroatoms. The van der Waals surface area contributed by atoms with E-state index in [1.54, 1.807) is 10.9 Å². The van der Waals surface area contributed by atoms with Crippen LogP contribution in [-0.2, 0) is 18.3 Å². The molecule has 0 aromatic carbocycles. The van der Waals surface area contributed by atoms with Gasteiger partial charge in [0.2, 0.25) is 0 Å². The molecule has 0 amide bonds. The maximum atomic E-state index is 11.9. The number of nitrogens with zero attached hydrogens (tertiary/aromatic N) is 3. The highest BCUT2D eigenvalue weighted by Gasteiger charge is 2.34. The second-order valence-corrected chi connectivity index (χ2v) is 5.97. The van der Waals surface area contributed by atoms with Crippen LogP contribution < -0.4 is 5.32 Å². The van der Waals surface area contributed by atoms with Crippen molar-refractivity contribution < 1.29 is 9.53 Å². The van der Waals surface area contributed by atoms with Gasteiger partial charge in [0.1, 0.15) is 5.56 Å². The summed E-state index contributed by atoms with van der Waals surface area (Å²) in [7, 11) is 1.87. The quantitative estimate of drug-likeness (QED) is 0.813. The summed E-state index contributed by atoms with van der Waals surface area (Å²) < 4.78 is 6.86. The van der Waals surface area contributed by atoms with Crippen LogP contribution in [0.2, 0.25) is 0 Å². The van der Waals surface area contributed by atoms with Crippen LogP contribution in [-0.4, -0.2) is 52.9 Å². The van der Waals surface area contributed by atoms with Crippen molar-refractivity contribution in [1.82, 2.24) is 20.0 Å². The number of esters is 1.